The highest BCUT2D eigenvalue weighted by molar-refractivity contribution is 7.19. The summed E-state index contributed by atoms with van der Waals surface area (Å²) in [6.07, 6.45) is 0. The van der Waals surface area contributed by atoms with E-state index in [1.165, 1.54) is 11.3 Å². The average molecular weight is 244 g/mol. The van der Waals surface area contributed by atoms with Crippen molar-refractivity contribution in [3.8, 4) is 10.4 Å². The summed E-state index contributed by atoms with van der Waals surface area (Å²) >= 11 is 13.2. The summed E-state index contributed by atoms with van der Waals surface area (Å²) in [5, 5.41) is 0.728. The van der Waals surface area contributed by atoms with Crippen molar-refractivity contribution < 1.29 is 0 Å². The Kier molecular flexibility index (Phi) is 2.77. The van der Waals surface area contributed by atoms with E-state index >= 15 is 0 Å². The van der Waals surface area contributed by atoms with Gasteiger partial charge in [-0.3, -0.25) is 0 Å². The zero-order chi connectivity index (χ0) is 10.1. The Balaban J connectivity index is 2.54. The van der Waals surface area contributed by atoms with Crippen LogP contribution in [0.4, 0.5) is 0 Å². The van der Waals surface area contributed by atoms with Crippen molar-refractivity contribution in [3.05, 3.63) is 39.4 Å². The molecule has 1 aromatic heterocycles. The Morgan fingerprint density at radius 3 is 2.64 bits per heavy atom. The molecule has 0 unspecified atom stereocenters. The molecular formula is C10H7Cl2NS. The van der Waals surface area contributed by atoms with E-state index in [0.717, 1.165) is 21.2 Å². The van der Waals surface area contributed by atoms with Gasteiger partial charge in [0, 0.05) is 5.02 Å². The van der Waals surface area contributed by atoms with Crippen LogP contribution < -0.4 is 0 Å². The molecule has 0 bridgehead atoms. The average Bonchev–Trinajstić information content (AvgIpc) is 2.45. The summed E-state index contributed by atoms with van der Waals surface area (Å²) in [5.41, 5.74) is 2.02. The summed E-state index contributed by atoms with van der Waals surface area (Å²) in [4.78, 5) is 5.24. The fourth-order valence-electron chi connectivity index (χ4n) is 1.26. The number of benzene rings is 1. The number of hydrogen-bond donors (Lipinski definition) is 0. The maximum absolute atomic E-state index is 5.91. The molecule has 1 nitrogen and oxygen atoms in total. The van der Waals surface area contributed by atoms with Gasteiger partial charge in [-0.05, 0) is 24.6 Å². The smallest absolute Gasteiger partial charge is 0.184 e. The van der Waals surface area contributed by atoms with E-state index in [1.807, 2.05) is 31.2 Å². The fourth-order valence-corrected chi connectivity index (χ4v) is 2.60. The number of nitrogens with zero attached hydrogens (tertiary/aromatic N) is 1. The van der Waals surface area contributed by atoms with Gasteiger partial charge >= 0.3 is 0 Å². The van der Waals surface area contributed by atoms with Gasteiger partial charge in [0.2, 0.25) is 0 Å². The molecule has 0 saturated heterocycles. The van der Waals surface area contributed by atoms with E-state index in [-0.39, 0.29) is 0 Å². The Bertz CT molecular complexity index is 465. The second-order valence-electron chi connectivity index (χ2n) is 2.89. The summed E-state index contributed by atoms with van der Waals surface area (Å²) < 4.78 is 0.567. The van der Waals surface area contributed by atoms with Crippen LogP contribution in [-0.4, -0.2) is 4.98 Å². The van der Waals surface area contributed by atoms with Crippen LogP contribution in [0, 0.1) is 6.92 Å². The Morgan fingerprint density at radius 2 is 2.07 bits per heavy atom. The minimum absolute atomic E-state index is 0.567. The van der Waals surface area contributed by atoms with E-state index in [9.17, 15) is 0 Å². The predicted octanol–water partition coefficient (Wildman–Crippen LogP) is 4.43. The van der Waals surface area contributed by atoms with Gasteiger partial charge in [0.1, 0.15) is 0 Å². The van der Waals surface area contributed by atoms with Crippen molar-refractivity contribution in [2.24, 2.45) is 0 Å². The number of hydrogen-bond acceptors (Lipinski definition) is 2. The van der Waals surface area contributed by atoms with E-state index in [2.05, 4.69) is 4.98 Å². The molecule has 0 aliphatic rings. The first-order valence-corrected chi connectivity index (χ1v) is 5.63. The first-order valence-electron chi connectivity index (χ1n) is 4.05. The highest BCUT2D eigenvalue weighted by Crippen LogP contribution is 2.33. The molecule has 0 atom stereocenters. The monoisotopic (exact) mass is 243 g/mol. The molecule has 0 radical (unpaired) electrons. The lowest BCUT2D eigenvalue weighted by Gasteiger charge is -1.98. The molecule has 0 fully saturated rings. The van der Waals surface area contributed by atoms with Crippen LogP contribution in [0.25, 0.3) is 10.4 Å². The minimum Gasteiger partial charge on any atom is -0.230 e. The molecule has 0 saturated carbocycles. The Morgan fingerprint density at radius 1 is 1.29 bits per heavy atom. The highest BCUT2D eigenvalue weighted by atomic mass is 35.5. The first kappa shape index (κ1) is 9.97. The van der Waals surface area contributed by atoms with E-state index in [4.69, 9.17) is 23.2 Å². The van der Waals surface area contributed by atoms with Crippen LogP contribution >= 0.6 is 34.5 Å². The minimum atomic E-state index is 0.567. The zero-order valence-electron chi connectivity index (χ0n) is 7.42. The van der Waals surface area contributed by atoms with Crippen molar-refractivity contribution in [2.45, 2.75) is 6.92 Å². The van der Waals surface area contributed by atoms with E-state index < -0.39 is 0 Å². The number of aryl methyl sites for hydroxylation is 1. The van der Waals surface area contributed by atoms with Gasteiger partial charge in [-0.1, -0.05) is 35.3 Å². The lowest BCUT2D eigenvalue weighted by atomic mass is 10.2. The summed E-state index contributed by atoms with van der Waals surface area (Å²) in [7, 11) is 0. The van der Waals surface area contributed by atoms with Gasteiger partial charge in [-0.25, -0.2) is 4.98 Å². The van der Waals surface area contributed by atoms with Crippen molar-refractivity contribution >= 4 is 34.5 Å². The standard InChI is InChI=1S/C10H7Cl2NS/c1-6-9(14-10(12)13-6)7-3-2-4-8(11)5-7/h2-5H,1H3. The molecule has 1 heterocycles. The molecule has 0 spiro atoms. The predicted molar refractivity (Wildman–Crippen MR) is 62.3 cm³/mol. The van der Waals surface area contributed by atoms with Gasteiger partial charge in [-0.2, -0.15) is 0 Å². The van der Waals surface area contributed by atoms with Crippen molar-refractivity contribution in [1.29, 1.82) is 0 Å². The molecule has 0 amide bonds. The van der Waals surface area contributed by atoms with Crippen molar-refractivity contribution in [1.82, 2.24) is 4.98 Å². The second-order valence-corrected chi connectivity index (χ2v) is 4.91. The Hall–Kier alpha value is -0.570. The Labute approximate surface area is 96.3 Å². The van der Waals surface area contributed by atoms with Crippen molar-refractivity contribution in [2.75, 3.05) is 0 Å². The highest BCUT2D eigenvalue weighted by Gasteiger charge is 2.08. The molecule has 2 aromatic rings. The van der Waals surface area contributed by atoms with E-state index in [0.29, 0.717) is 4.47 Å². The number of aromatic nitrogens is 1. The molecule has 72 valence electrons. The zero-order valence-corrected chi connectivity index (χ0v) is 9.75. The third-order valence-electron chi connectivity index (χ3n) is 1.86. The summed E-state index contributed by atoms with van der Waals surface area (Å²) in [6, 6.07) is 7.69. The largest absolute Gasteiger partial charge is 0.230 e. The van der Waals surface area contributed by atoms with Gasteiger partial charge in [-0.15, -0.1) is 11.3 Å². The number of rotatable bonds is 1. The van der Waals surface area contributed by atoms with Crippen LogP contribution in [0.15, 0.2) is 24.3 Å². The topological polar surface area (TPSA) is 12.9 Å². The second kappa shape index (κ2) is 3.89. The van der Waals surface area contributed by atoms with Crippen LogP contribution in [0.2, 0.25) is 9.49 Å². The lowest BCUT2D eigenvalue weighted by Crippen LogP contribution is -1.77. The van der Waals surface area contributed by atoms with Gasteiger partial charge < -0.3 is 0 Å². The van der Waals surface area contributed by atoms with E-state index in [1.54, 1.807) is 0 Å². The third kappa shape index (κ3) is 1.92. The number of thiazole rings is 1. The van der Waals surface area contributed by atoms with Crippen LogP contribution in [-0.2, 0) is 0 Å². The lowest BCUT2D eigenvalue weighted by molar-refractivity contribution is 1.27. The third-order valence-corrected chi connectivity index (χ3v) is 3.40. The summed E-state index contributed by atoms with van der Waals surface area (Å²) in [5.74, 6) is 0. The maximum atomic E-state index is 5.91. The SMILES string of the molecule is Cc1nc(Cl)sc1-c1cccc(Cl)c1. The first-order chi connectivity index (χ1) is 6.66. The normalized spacial score (nSPS) is 10.5. The molecule has 14 heavy (non-hydrogen) atoms. The van der Waals surface area contributed by atoms with Crippen LogP contribution in [0.3, 0.4) is 0 Å². The quantitative estimate of drug-likeness (QED) is 0.723. The number of halogens is 2. The van der Waals surface area contributed by atoms with Crippen molar-refractivity contribution in [3.63, 3.8) is 0 Å². The summed E-state index contributed by atoms with van der Waals surface area (Å²) in [6.45, 7) is 1.94. The van der Waals surface area contributed by atoms with Gasteiger partial charge in [0.05, 0.1) is 10.6 Å². The molecule has 0 aliphatic heterocycles. The van der Waals surface area contributed by atoms with Crippen LogP contribution in [0.1, 0.15) is 5.69 Å². The maximum Gasteiger partial charge on any atom is 0.184 e. The molecular weight excluding hydrogens is 237 g/mol. The molecule has 0 aliphatic carbocycles. The molecule has 1 aromatic carbocycles. The molecule has 4 heteroatoms. The molecule has 2 rings (SSSR count). The van der Waals surface area contributed by atoms with Gasteiger partial charge in [0.15, 0.2) is 4.47 Å². The van der Waals surface area contributed by atoms with Gasteiger partial charge in [0.25, 0.3) is 0 Å². The fraction of sp³-hybridized carbons (Fsp3) is 0.100. The van der Waals surface area contributed by atoms with Crippen LogP contribution in [0.5, 0.6) is 0 Å². The molecule has 0 N–H and O–H groups in total.